The van der Waals surface area contributed by atoms with Crippen LogP contribution >= 0.6 is 11.5 Å². The Bertz CT molecular complexity index is 865. The lowest BCUT2D eigenvalue weighted by Crippen LogP contribution is -2.34. The minimum absolute atomic E-state index is 0.00265. The topological polar surface area (TPSA) is 147 Å². The molecule has 1 fully saturated rings. The fourth-order valence-electron chi connectivity index (χ4n) is 2.76. The Hall–Kier alpha value is -1.92. The Kier molecular flexibility index (Phi) is 5.34. The maximum atomic E-state index is 12.2. The standard InChI is InChI=1S/C15H20N4O6S/c1-5(2)13(22)17-15-16-7-8(14(23)18-15)19-26-12(7)11-9(21)10(24-3)6(4-20)25-11/h5-6,9-11,20-21H,4H2,1-3H3,(H2,16,17,18,22,23)/t6-,9-,10-,11-/m1/s1. The predicted octanol–water partition coefficient (Wildman–Crippen LogP) is -0.218. The number of rotatable bonds is 5. The summed E-state index contributed by atoms with van der Waals surface area (Å²) in [6, 6.07) is 0. The summed E-state index contributed by atoms with van der Waals surface area (Å²) in [6.45, 7) is 3.10. The SMILES string of the molecule is CO[C@H]1[C@@H](O)[C@H](c2snc3c(=O)[nH]c(NC(=O)C(C)C)nc23)O[C@@H]1CO. The molecule has 0 spiro atoms. The highest BCUT2D eigenvalue weighted by molar-refractivity contribution is 7.07. The summed E-state index contributed by atoms with van der Waals surface area (Å²) in [4.78, 5) is 31.3. The van der Waals surface area contributed by atoms with Crippen molar-refractivity contribution in [2.24, 2.45) is 5.92 Å². The molecular weight excluding hydrogens is 364 g/mol. The number of H-pyrrole nitrogens is 1. The van der Waals surface area contributed by atoms with Crippen molar-refractivity contribution in [2.45, 2.75) is 38.3 Å². The third kappa shape index (κ3) is 3.23. The second-order valence-corrected chi connectivity index (χ2v) is 7.08. The number of aromatic amines is 1. The van der Waals surface area contributed by atoms with Crippen LogP contribution in [0.2, 0.25) is 0 Å². The van der Waals surface area contributed by atoms with E-state index in [0.717, 1.165) is 11.5 Å². The molecule has 142 valence electrons. The maximum Gasteiger partial charge on any atom is 0.279 e. The molecule has 1 aliphatic rings. The zero-order chi connectivity index (χ0) is 19.0. The smallest absolute Gasteiger partial charge is 0.279 e. The number of nitrogens with zero attached hydrogens (tertiary/aromatic N) is 2. The van der Waals surface area contributed by atoms with Crippen LogP contribution in [0.5, 0.6) is 0 Å². The molecule has 3 rings (SSSR count). The third-order valence-electron chi connectivity index (χ3n) is 4.17. The molecule has 10 nitrogen and oxygen atoms in total. The van der Waals surface area contributed by atoms with Crippen LogP contribution in [-0.2, 0) is 14.3 Å². The molecule has 0 radical (unpaired) electrons. The fraction of sp³-hybridized carbons (Fsp3) is 0.600. The van der Waals surface area contributed by atoms with Crippen LogP contribution in [0, 0.1) is 5.92 Å². The summed E-state index contributed by atoms with van der Waals surface area (Å²) in [5.74, 6) is -0.588. The lowest BCUT2D eigenvalue weighted by molar-refractivity contribution is -0.118. The van der Waals surface area contributed by atoms with Gasteiger partial charge in [-0.15, -0.1) is 0 Å². The number of methoxy groups -OCH3 is 1. The molecule has 0 saturated carbocycles. The number of nitrogens with one attached hydrogen (secondary N) is 2. The highest BCUT2D eigenvalue weighted by atomic mass is 32.1. The van der Waals surface area contributed by atoms with Gasteiger partial charge in [0.25, 0.3) is 5.56 Å². The first-order valence-corrected chi connectivity index (χ1v) is 8.82. The Morgan fingerprint density at radius 1 is 1.46 bits per heavy atom. The van der Waals surface area contributed by atoms with Crippen molar-refractivity contribution in [3.05, 3.63) is 15.2 Å². The van der Waals surface area contributed by atoms with E-state index in [0.29, 0.717) is 4.88 Å². The molecule has 26 heavy (non-hydrogen) atoms. The van der Waals surface area contributed by atoms with Gasteiger partial charge in [-0.25, -0.2) is 4.98 Å². The van der Waals surface area contributed by atoms with Crippen LogP contribution in [0.25, 0.3) is 11.0 Å². The van der Waals surface area contributed by atoms with E-state index in [4.69, 9.17) is 9.47 Å². The summed E-state index contributed by atoms with van der Waals surface area (Å²) in [5.41, 5.74) is -0.189. The van der Waals surface area contributed by atoms with E-state index in [2.05, 4.69) is 19.7 Å². The van der Waals surface area contributed by atoms with Gasteiger partial charge in [-0.1, -0.05) is 13.8 Å². The molecule has 4 atom stereocenters. The first kappa shape index (κ1) is 18.9. The van der Waals surface area contributed by atoms with Gasteiger partial charge < -0.3 is 19.7 Å². The quantitative estimate of drug-likeness (QED) is 0.553. The number of ether oxygens (including phenoxy) is 2. The Labute approximate surface area is 152 Å². The van der Waals surface area contributed by atoms with Gasteiger partial charge in [-0.2, -0.15) is 4.37 Å². The van der Waals surface area contributed by atoms with Gasteiger partial charge in [0, 0.05) is 13.0 Å². The average Bonchev–Trinajstić information content (AvgIpc) is 3.15. The van der Waals surface area contributed by atoms with Crippen molar-refractivity contribution in [3.63, 3.8) is 0 Å². The molecule has 1 aliphatic heterocycles. The van der Waals surface area contributed by atoms with Gasteiger partial charge in [-0.05, 0) is 11.5 Å². The molecule has 3 heterocycles. The van der Waals surface area contributed by atoms with Gasteiger partial charge in [0.15, 0.2) is 5.52 Å². The summed E-state index contributed by atoms with van der Waals surface area (Å²) in [5, 5.41) is 22.4. The zero-order valence-electron chi connectivity index (χ0n) is 14.4. The van der Waals surface area contributed by atoms with Crippen LogP contribution in [0.4, 0.5) is 5.95 Å². The first-order chi connectivity index (χ1) is 12.4. The van der Waals surface area contributed by atoms with Crippen molar-refractivity contribution >= 4 is 34.4 Å². The van der Waals surface area contributed by atoms with E-state index in [-0.39, 0.29) is 35.4 Å². The van der Waals surface area contributed by atoms with Crippen molar-refractivity contribution in [3.8, 4) is 0 Å². The van der Waals surface area contributed by atoms with Crippen LogP contribution < -0.4 is 10.9 Å². The van der Waals surface area contributed by atoms with E-state index < -0.39 is 30.0 Å². The molecular formula is C15H20N4O6S. The number of hydrogen-bond acceptors (Lipinski definition) is 9. The minimum atomic E-state index is -1.06. The van der Waals surface area contributed by atoms with Crippen LogP contribution in [0.3, 0.4) is 0 Å². The summed E-state index contributed by atoms with van der Waals surface area (Å²) in [7, 11) is 1.41. The van der Waals surface area contributed by atoms with E-state index in [9.17, 15) is 19.8 Å². The molecule has 2 aromatic rings. The van der Waals surface area contributed by atoms with Crippen LogP contribution in [-0.4, -0.2) is 62.5 Å². The lowest BCUT2D eigenvalue weighted by Gasteiger charge is -2.16. The summed E-state index contributed by atoms with van der Waals surface area (Å²) < 4.78 is 15.0. The molecule has 0 aliphatic carbocycles. The highest BCUT2D eigenvalue weighted by Crippen LogP contribution is 2.39. The Morgan fingerprint density at radius 3 is 2.77 bits per heavy atom. The molecule has 2 aromatic heterocycles. The molecule has 0 unspecified atom stereocenters. The molecule has 1 amide bonds. The van der Waals surface area contributed by atoms with Gasteiger partial charge in [-0.3, -0.25) is 19.9 Å². The monoisotopic (exact) mass is 384 g/mol. The second kappa shape index (κ2) is 7.37. The average molecular weight is 384 g/mol. The van der Waals surface area contributed by atoms with Gasteiger partial charge in [0.05, 0.1) is 11.5 Å². The number of carbonyl (C=O) groups excluding carboxylic acids is 1. The molecule has 11 heteroatoms. The lowest BCUT2D eigenvalue weighted by atomic mass is 10.1. The number of aromatic nitrogens is 3. The van der Waals surface area contributed by atoms with Crippen LogP contribution in [0.1, 0.15) is 24.8 Å². The normalized spacial score (nSPS) is 25.9. The Balaban J connectivity index is 2.01. The number of hydrogen-bond donors (Lipinski definition) is 4. The van der Waals surface area contributed by atoms with Crippen LogP contribution in [0.15, 0.2) is 4.79 Å². The number of fused-ring (bicyclic) bond motifs is 1. The van der Waals surface area contributed by atoms with Gasteiger partial charge in [0.2, 0.25) is 11.9 Å². The van der Waals surface area contributed by atoms with E-state index in [1.807, 2.05) is 0 Å². The largest absolute Gasteiger partial charge is 0.394 e. The molecule has 0 aromatic carbocycles. The summed E-state index contributed by atoms with van der Waals surface area (Å²) >= 11 is 0.970. The molecule has 0 bridgehead atoms. The fourth-order valence-corrected chi connectivity index (χ4v) is 3.65. The summed E-state index contributed by atoms with van der Waals surface area (Å²) in [6.07, 6.45) is -3.34. The highest BCUT2D eigenvalue weighted by Gasteiger charge is 2.46. The number of carbonyl (C=O) groups is 1. The van der Waals surface area contributed by atoms with E-state index in [1.165, 1.54) is 7.11 Å². The number of anilines is 1. The second-order valence-electron chi connectivity index (χ2n) is 6.27. The van der Waals surface area contributed by atoms with Gasteiger partial charge >= 0.3 is 0 Å². The Morgan fingerprint density at radius 2 is 2.19 bits per heavy atom. The van der Waals surface area contributed by atoms with Gasteiger partial charge in [0.1, 0.15) is 29.9 Å². The number of aliphatic hydroxyl groups excluding tert-OH is 2. The van der Waals surface area contributed by atoms with Crippen molar-refractivity contribution < 1.29 is 24.5 Å². The molecule has 4 N–H and O–H groups in total. The number of aliphatic hydroxyl groups is 2. The van der Waals surface area contributed by atoms with Crippen molar-refractivity contribution in [2.75, 3.05) is 19.0 Å². The number of amides is 1. The maximum absolute atomic E-state index is 12.2. The minimum Gasteiger partial charge on any atom is -0.394 e. The molecule has 1 saturated heterocycles. The van der Waals surface area contributed by atoms with E-state index >= 15 is 0 Å². The first-order valence-electron chi connectivity index (χ1n) is 8.05. The van der Waals surface area contributed by atoms with Crippen molar-refractivity contribution in [1.82, 2.24) is 14.3 Å². The zero-order valence-corrected chi connectivity index (χ0v) is 15.2. The third-order valence-corrected chi connectivity index (χ3v) is 5.07. The predicted molar refractivity (Wildman–Crippen MR) is 93.0 cm³/mol. The van der Waals surface area contributed by atoms with E-state index in [1.54, 1.807) is 13.8 Å². The van der Waals surface area contributed by atoms with Crippen molar-refractivity contribution in [1.29, 1.82) is 0 Å².